The molecule has 3 atom stereocenters. The van der Waals surface area contributed by atoms with Gasteiger partial charge >= 0.3 is 0 Å². The Labute approximate surface area is 128 Å². The third kappa shape index (κ3) is 3.83. The van der Waals surface area contributed by atoms with Crippen LogP contribution >= 0.6 is 0 Å². The molecule has 2 rings (SSSR count). The summed E-state index contributed by atoms with van der Waals surface area (Å²) in [5.74, 6) is 0.855. The van der Waals surface area contributed by atoms with Gasteiger partial charge in [-0.1, -0.05) is 19.1 Å². The highest BCUT2D eigenvalue weighted by Crippen LogP contribution is 2.26. The molecule has 0 bridgehead atoms. The maximum Gasteiger partial charge on any atom is 0.238 e. The Hall–Kier alpha value is -1.40. The Kier molecular flexibility index (Phi) is 5.36. The van der Waals surface area contributed by atoms with Crippen molar-refractivity contribution in [2.45, 2.75) is 24.8 Å². The van der Waals surface area contributed by atoms with Crippen molar-refractivity contribution in [3.05, 3.63) is 29.8 Å². The van der Waals surface area contributed by atoms with Gasteiger partial charge in [0.05, 0.1) is 13.7 Å². The molecular formula is C15H22N2O3S. The van der Waals surface area contributed by atoms with E-state index in [1.54, 1.807) is 13.4 Å². The highest BCUT2D eigenvalue weighted by molar-refractivity contribution is 7.84. The summed E-state index contributed by atoms with van der Waals surface area (Å²) in [6.45, 7) is 2.89. The molecule has 0 saturated carbocycles. The zero-order chi connectivity index (χ0) is 15.4. The van der Waals surface area contributed by atoms with Crippen molar-refractivity contribution in [2.24, 2.45) is 0 Å². The summed E-state index contributed by atoms with van der Waals surface area (Å²) in [6, 6.07) is 7.71. The fraction of sp³-hybridized carbons (Fsp3) is 0.533. The Morgan fingerprint density at radius 3 is 2.95 bits per heavy atom. The Morgan fingerprint density at radius 1 is 1.52 bits per heavy atom. The molecule has 0 aromatic heterocycles. The molecule has 1 saturated heterocycles. The second kappa shape index (κ2) is 7.04. The molecule has 1 aliphatic rings. The number of hydrogen-bond donors (Lipinski definition) is 1. The number of carbonyl (C=O) groups is 1. The molecule has 1 N–H and O–H groups in total. The fourth-order valence-electron chi connectivity index (χ4n) is 2.39. The van der Waals surface area contributed by atoms with Crippen molar-refractivity contribution in [3.8, 4) is 5.75 Å². The van der Waals surface area contributed by atoms with Gasteiger partial charge in [0.2, 0.25) is 5.91 Å². The molecule has 1 aliphatic heterocycles. The van der Waals surface area contributed by atoms with E-state index in [0.717, 1.165) is 17.7 Å². The lowest BCUT2D eigenvalue weighted by molar-refractivity contribution is -0.128. The summed E-state index contributed by atoms with van der Waals surface area (Å²) in [5, 5.41) is 3.31. The summed E-state index contributed by atoms with van der Waals surface area (Å²) >= 11 is 0. The number of carbonyl (C=O) groups excluding carboxylic acids is 1. The van der Waals surface area contributed by atoms with Crippen LogP contribution in [0, 0.1) is 0 Å². The second-order valence-electron chi connectivity index (χ2n) is 5.25. The number of methoxy groups -OCH3 is 1. The molecule has 1 fully saturated rings. The summed E-state index contributed by atoms with van der Waals surface area (Å²) in [7, 11) is 0.767. The third-order valence-electron chi connectivity index (χ3n) is 3.83. The van der Waals surface area contributed by atoms with Crippen LogP contribution in [0.2, 0.25) is 0 Å². The van der Waals surface area contributed by atoms with Crippen LogP contribution in [0.5, 0.6) is 5.75 Å². The van der Waals surface area contributed by atoms with Crippen molar-refractivity contribution in [1.29, 1.82) is 0 Å². The number of amides is 1. The number of ether oxygens (including phenoxy) is 1. The first-order valence-electron chi connectivity index (χ1n) is 7.02. The van der Waals surface area contributed by atoms with E-state index in [2.05, 4.69) is 5.32 Å². The van der Waals surface area contributed by atoms with Gasteiger partial charge in [0.25, 0.3) is 0 Å². The molecule has 1 aromatic carbocycles. The molecule has 21 heavy (non-hydrogen) atoms. The van der Waals surface area contributed by atoms with Gasteiger partial charge in [-0.25, -0.2) is 0 Å². The van der Waals surface area contributed by atoms with E-state index in [4.69, 9.17) is 4.74 Å². The molecule has 0 radical (unpaired) electrons. The van der Waals surface area contributed by atoms with Crippen LogP contribution in [0.4, 0.5) is 0 Å². The van der Waals surface area contributed by atoms with Gasteiger partial charge in [-0.2, -0.15) is 0 Å². The van der Waals surface area contributed by atoms with E-state index in [1.165, 1.54) is 0 Å². The van der Waals surface area contributed by atoms with Gasteiger partial charge in [-0.15, -0.1) is 0 Å². The normalized spacial score (nSPS) is 21.4. The van der Waals surface area contributed by atoms with Crippen LogP contribution in [0.15, 0.2) is 24.3 Å². The Bertz CT molecular complexity index is 535. The van der Waals surface area contributed by atoms with Crippen LogP contribution in [0.25, 0.3) is 0 Å². The zero-order valence-electron chi connectivity index (χ0n) is 12.7. The average molecular weight is 310 g/mol. The first-order valence-corrected chi connectivity index (χ1v) is 8.64. The van der Waals surface area contributed by atoms with Crippen molar-refractivity contribution in [3.63, 3.8) is 0 Å². The number of nitrogens with one attached hydrogen (secondary N) is 1. The molecule has 1 amide bonds. The Morgan fingerprint density at radius 2 is 2.29 bits per heavy atom. The Balaban J connectivity index is 2.10. The molecule has 1 aromatic rings. The minimum atomic E-state index is -0.861. The van der Waals surface area contributed by atoms with Crippen LogP contribution in [0.3, 0.4) is 0 Å². The van der Waals surface area contributed by atoms with E-state index >= 15 is 0 Å². The van der Waals surface area contributed by atoms with E-state index in [0.29, 0.717) is 13.1 Å². The molecule has 1 heterocycles. The maximum atomic E-state index is 12.1. The monoisotopic (exact) mass is 310 g/mol. The van der Waals surface area contributed by atoms with Crippen LogP contribution < -0.4 is 10.1 Å². The summed E-state index contributed by atoms with van der Waals surface area (Å²) < 4.78 is 16.7. The minimum Gasteiger partial charge on any atom is -0.497 e. The predicted octanol–water partition coefficient (Wildman–Crippen LogP) is 1.28. The lowest BCUT2D eigenvalue weighted by atomic mass is 10.1. The van der Waals surface area contributed by atoms with Crippen molar-refractivity contribution < 1.29 is 13.7 Å². The molecular weight excluding hydrogens is 288 g/mol. The maximum absolute atomic E-state index is 12.1. The lowest BCUT2D eigenvalue weighted by Gasteiger charge is -2.26. The quantitative estimate of drug-likeness (QED) is 0.860. The number of rotatable bonds is 6. The molecule has 5 nitrogen and oxygen atoms in total. The average Bonchev–Trinajstić information content (AvgIpc) is 2.85. The van der Waals surface area contributed by atoms with Gasteiger partial charge < -0.3 is 9.64 Å². The van der Waals surface area contributed by atoms with E-state index in [-0.39, 0.29) is 17.3 Å². The summed E-state index contributed by atoms with van der Waals surface area (Å²) in [5.41, 5.74) is 1.01. The number of hydrogen-bond acceptors (Lipinski definition) is 4. The van der Waals surface area contributed by atoms with Crippen molar-refractivity contribution in [2.75, 3.05) is 26.5 Å². The number of nitrogens with zero attached hydrogens (tertiary/aromatic N) is 1. The highest BCUT2D eigenvalue weighted by atomic mass is 32.2. The number of benzene rings is 1. The molecule has 0 aliphatic carbocycles. The van der Waals surface area contributed by atoms with Gasteiger partial charge in [-0.3, -0.25) is 14.3 Å². The largest absolute Gasteiger partial charge is 0.497 e. The first kappa shape index (κ1) is 16.0. The van der Waals surface area contributed by atoms with Crippen molar-refractivity contribution >= 4 is 16.7 Å². The first-order chi connectivity index (χ1) is 10.0. The van der Waals surface area contributed by atoms with Gasteiger partial charge in [0.1, 0.15) is 11.9 Å². The minimum absolute atomic E-state index is 0.0805. The van der Waals surface area contributed by atoms with Crippen LogP contribution in [0.1, 0.15) is 25.1 Å². The van der Waals surface area contributed by atoms with E-state index < -0.39 is 10.8 Å². The van der Waals surface area contributed by atoms with E-state index in [1.807, 2.05) is 36.1 Å². The highest BCUT2D eigenvalue weighted by Gasteiger charge is 2.31. The van der Waals surface area contributed by atoms with Crippen molar-refractivity contribution in [1.82, 2.24) is 10.2 Å². The van der Waals surface area contributed by atoms with Crippen LogP contribution in [-0.2, 0) is 15.6 Å². The zero-order valence-corrected chi connectivity index (χ0v) is 13.5. The topological polar surface area (TPSA) is 58.6 Å². The molecule has 3 unspecified atom stereocenters. The van der Waals surface area contributed by atoms with Gasteiger partial charge in [-0.05, 0) is 24.1 Å². The molecule has 0 spiro atoms. The SMILES string of the molecule is COc1cccc(C2NCC(=O)N2CCC(C)S(C)=O)c1. The third-order valence-corrected chi connectivity index (χ3v) is 5.20. The second-order valence-corrected chi connectivity index (χ2v) is 7.05. The van der Waals surface area contributed by atoms with E-state index in [9.17, 15) is 9.00 Å². The van der Waals surface area contributed by atoms with Gasteiger partial charge in [0.15, 0.2) is 0 Å². The predicted molar refractivity (Wildman–Crippen MR) is 83.6 cm³/mol. The standard InChI is InChI=1S/C15H22N2O3S/c1-11(21(3)19)7-8-17-14(18)10-16-15(17)12-5-4-6-13(9-12)20-2/h4-6,9,11,15-16H,7-8,10H2,1-3H3. The smallest absolute Gasteiger partial charge is 0.238 e. The summed E-state index contributed by atoms with van der Waals surface area (Å²) in [4.78, 5) is 13.9. The lowest BCUT2D eigenvalue weighted by Crippen LogP contribution is -2.33. The fourth-order valence-corrected chi connectivity index (χ4v) is 2.83. The van der Waals surface area contributed by atoms with Crippen LogP contribution in [-0.4, -0.2) is 46.7 Å². The molecule has 6 heteroatoms. The molecule has 116 valence electrons. The summed E-state index contributed by atoms with van der Waals surface area (Å²) in [6.07, 6.45) is 2.30. The van der Waals surface area contributed by atoms with Gasteiger partial charge in [0, 0.05) is 28.9 Å².